The molecule has 1 aromatic carbocycles. The van der Waals surface area contributed by atoms with E-state index in [0.717, 1.165) is 18.8 Å². The predicted octanol–water partition coefficient (Wildman–Crippen LogP) is 1.61. The Morgan fingerprint density at radius 3 is 2.20 bits per heavy atom. The van der Waals surface area contributed by atoms with Gasteiger partial charge in [0.2, 0.25) is 10.0 Å². The van der Waals surface area contributed by atoms with Crippen LogP contribution in [0.15, 0.2) is 23.1 Å². The molecule has 5 nitrogen and oxygen atoms in total. The zero-order chi connectivity index (χ0) is 15.1. The third-order valence-electron chi connectivity index (χ3n) is 4.11. The molecule has 1 saturated heterocycles. The van der Waals surface area contributed by atoms with Crippen LogP contribution in [0.4, 0.5) is 11.4 Å². The number of nitrogens with zero attached hydrogens (tertiary/aromatic N) is 2. The van der Waals surface area contributed by atoms with Crippen LogP contribution in [0.25, 0.3) is 0 Å². The maximum Gasteiger partial charge on any atom is 0.242 e. The summed E-state index contributed by atoms with van der Waals surface area (Å²) in [6, 6.07) is 5.00. The molecule has 112 valence electrons. The highest BCUT2D eigenvalue weighted by molar-refractivity contribution is 7.89. The Morgan fingerprint density at radius 2 is 1.75 bits per heavy atom. The first-order valence-electron chi connectivity index (χ1n) is 6.80. The number of rotatable bonds is 3. The van der Waals surface area contributed by atoms with Gasteiger partial charge in [-0.05, 0) is 30.0 Å². The van der Waals surface area contributed by atoms with Crippen molar-refractivity contribution in [2.24, 2.45) is 11.8 Å². The number of hydrogen-bond donors (Lipinski definition) is 1. The summed E-state index contributed by atoms with van der Waals surface area (Å²) >= 11 is 0. The third-order valence-corrected chi connectivity index (χ3v) is 5.92. The van der Waals surface area contributed by atoms with Crippen molar-refractivity contribution in [1.82, 2.24) is 4.31 Å². The fourth-order valence-corrected chi connectivity index (χ4v) is 3.46. The number of nitrogen functional groups attached to an aromatic ring is 1. The maximum atomic E-state index is 12.1. The first-order chi connectivity index (χ1) is 9.23. The van der Waals surface area contributed by atoms with Crippen LogP contribution < -0.4 is 10.6 Å². The molecule has 0 aromatic heterocycles. The zero-order valence-electron chi connectivity index (χ0n) is 12.5. The van der Waals surface area contributed by atoms with E-state index in [2.05, 4.69) is 18.7 Å². The molecule has 2 atom stereocenters. The van der Waals surface area contributed by atoms with E-state index in [1.54, 1.807) is 12.1 Å². The smallest absolute Gasteiger partial charge is 0.242 e. The Kier molecular flexibility index (Phi) is 3.97. The predicted molar refractivity (Wildman–Crippen MR) is 82.3 cm³/mol. The van der Waals surface area contributed by atoms with Crippen molar-refractivity contribution < 1.29 is 8.42 Å². The SMILES string of the molecule is CC1CN(c2ccc(S(=O)(=O)N(C)C)cc2N)CC1C. The lowest BCUT2D eigenvalue weighted by Gasteiger charge is -2.21. The van der Waals surface area contributed by atoms with Gasteiger partial charge in [-0.15, -0.1) is 0 Å². The lowest BCUT2D eigenvalue weighted by atomic mass is 10.0. The van der Waals surface area contributed by atoms with Crippen molar-refractivity contribution in [3.05, 3.63) is 18.2 Å². The summed E-state index contributed by atoms with van der Waals surface area (Å²) in [5.74, 6) is 1.25. The summed E-state index contributed by atoms with van der Waals surface area (Å²) in [5.41, 5.74) is 7.52. The summed E-state index contributed by atoms with van der Waals surface area (Å²) in [6.45, 7) is 6.38. The highest BCUT2D eigenvalue weighted by Crippen LogP contribution is 2.33. The average molecular weight is 297 g/mol. The minimum absolute atomic E-state index is 0.240. The van der Waals surface area contributed by atoms with Gasteiger partial charge in [-0.1, -0.05) is 13.8 Å². The molecular formula is C14H23N3O2S. The van der Waals surface area contributed by atoms with Gasteiger partial charge in [0.15, 0.2) is 0 Å². The molecule has 1 aliphatic rings. The minimum Gasteiger partial charge on any atom is -0.397 e. The molecule has 0 bridgehead atoms. The van der Waals surface area contributed by atoms with Crippen LogP contribution in [0.1, 0.15) is 13.8 Å². The van der Waals surface area contributed by atoms with E-state index in [-0.39, 0.29) is 4.90 Å². The Hall–Kier alpha value is -1.27. The zero-order valence-corrected chi connectivity index (χ0v) is 13.3. The molecule has 2 N–H and O–H groups in total. The van der Waals surface area contributed by atoms with E-state index in [4.69, 9.17) is 5.73 Å². The minimum atomic E-state index is -3.43. The third kappa shape index (κ3) is 2.62. The van der Waals surface area contributed by atoms with Crippen molar-refractivity contribution in [1.29, 1.82) is 0 Å². The summed E-state index contributed by atoms with van der Waals surface area (Å²) in [4.78, 5) is 2.47. The molecular weight excluding hydrogens is 274 g/mol. The standard InChI is InChI=1S/C14H23N3O2S/c1-10-8-17(9-11(10)2)14-6-5-12(7-13(14)15)20(18,19)16(3)4/h5-7,10-11H,8-9,15H2,1-4H3. The van der Waals surface area contributed by atoms with E-state index in [9.17, 15) is 8.42 Å². The van der Waals surface area contributed by atoms with Gasteiger partial charge in [-0.25, -0.2) is 12.7 Å². The topological polar surface area (TPSA) is 66.6 Å². The van der Waals surface area contributed by atoms with Crippen LogP contribution in [0.2, 0.25) is 0 Å². The molecule has 0 aliphatic carbocycles. The van der Waals surface area contributed by atoms with Gasteiger partial charge < -0.3 is 10.6 Å². The molecule has 2 unspecified atom stereocenters. The van der Waals surface area contributed by atoms with E-state index in [1.807, 2.05) is 6.07 Å². The maximum absolute atomic E-state index is 12.1. The number of anilines is 2. The van der Waals surface area contributed by atoms with Gasteiger partial charge in [-0.3, -0.25) is 0 Å². The molecule has 0 radical (unpaired) electrons. The first-order valence-corrected chi connectivity index (χ1v) is 8.24. The lowest BCUT2D eigenvalue weighted by molar-refractivity contribution is 0.494. The molecule has 0 saturated carbocycles. The molecule has 1 aromatic rings. The first kappa shape index (κ1) is 15.1. The van der Waals surface area contributed by atoms with Crippen LogP contribution >= 0.6 is 0 Å². The lowest BCUT2D eigenvalue weighted by Crippen LogP contribution is -2.23. The van der Waals surface area contributed by atoms with Crippen molar-refractivity contribution >= 4 is 21.4 Å². The van der Waals surface area contributed by atoms with Crippen molar-refractivity contribution in [3.63, 3.8) is 0 Å². The van der Waals surface area contributed by atoms with Gasteiger partial charge in [0.1, 0.15) is 0 Å². The van der Waals surface area contributed by atoms with Crippen molar-refractivity contribution in [2.45, 2.75) is 18.7 Å². The van der Waals surface area contributed by atoms with E-state index in [1.165, 1.54) is 18.4 Å². The highest BCUT2D eigenvalue weighted by atomic mass is 32.2. The monoisotopic (exact) mass is 297 g/mol. The molecule has 2 rings (SSSR count). The summed E-state index contributed by atoms with van der Waals surface area (Å²) in [6.07, 6.45) is 0. The number of benzene rings is 1. The number of hydrogen-bond acceptors (Lipinski definition) is 4. The van der Waals surface area contributed by atoms with E-state index in [0.29, 0.717) is 17.5 Å². The number of nitrogens with two attached hydrogens (primary N) is 1. The Balaban J connectivity index is 2.32. The molecule has 0 amide bonds. The Bertz CT molecular complexity index is 588. The van der Waals surface area contributed by atoms with E-state index >= 15 is 0 Å². The largest absolute Gasteiger partial charge is 0.397 e. The number of sulfonamides is 1. The average Bonchev–Trinajstić information content (AvgIpc) is 2.68. The molecule has 20 heavy (non-hydrogen) atoms. The molecule has 6 heteroatoms. The van der Waals surface area contributed by atoms with Gasteiger partial charge in [0.05, 0.1) is 16.3 Å². The Morgan fingerprint density at radius 1 is 1.20 bits per heavy atom. The summed E-state index contributed by atoms with van der Waals surface area (Å²) < 4.78 is 25.4. The summed E-state index contributed by atoms with van der Waals surface area (Å²) in [7, 11) is -0.392. The second kappa shape index (κ2) is 5.26. The van der Waals surface area contributed by atoms with Crippen molar-refractivity contribution in [3.8, 4) is 0 Å². The van der Waals surface area contributed by atoms with Crippen LogP contribution in [0.3, 0.4) is 0 Å². The quantitative estimate of drug-likeness (QED) is 0.861. The fourth-order valence-electron chi connectivity index (χ4n) is 2.52. The van der Waals surface area contributed by atoms with Gasteiger partial charge in [0, 0.05) is 27.2 Å². The van der Waals surface area contributed by atoms with Crippen LogP contribution in [-0.2, 0) is 10.0 Å². The van der Waals surface area contributed by atoms with Gasteiger partial charge in [-0.2, -0.15) is 0 Å². The van der Waals surface area contributed by atoms with E-state index < -0.39 is 10.0 Å². The van der Waals surface area contributed by atoms with Crippen LogP contribution in [0.5, 0.6) is 0 Å². The second-order valence-electron chi connectivity index (χ2n) is 5.87. The fraction of sp³-hybridized carbons (Fsp3) is 0.571. The molecule has 1 heterocycles. The van der Waals surface area contributed by atoms with Gasteiger partial charge in [0.25, 0.3) is 0 Å². The summed E-state index contributed by atoms with van der Waals surface area (Å²) in [5, 5.41) is 0. The Labute approximate surface area is 121 Å². The molecule has 0 spiro atoms. The second-order valence-corrected chi connectivity index (χ2v) is 8.02. The normalized spacial score (nSPS) is 23.6. The van der Waals surface area contributed by atoms with Crippen molar-refractivity contribution in [2.75, 3.05) is 37.8 Å². The van der Waals surface area contributed by atoms with Gasteiger partial charge >= 0.3 is 0 Å². The van der Waals surface area contributed by atoms with Crippen LogP contribution in [-0.4, -0.2) is 39.9 Å². The molecule has 1 fully saturated rings. The highest BCUT2D eigenvalue weighted by Gasteiger charge is 2.28. The van der Waals surface area contributed by atoms with Crippen LogP contribution in [0, 0.1) is 11.8 Å². The molecule has 1 aliphatic heterocycles.